The van der Waals surface area contributed by atoms with Crippen LogP contribution in [0.2, 0.25) is 10.0 Å². The fourth-order valence-corrected chi connectivity index (χ4v) is 3.52. The molecular weight excluding hydrogens is 355 g/mol. The van der Waals surface area contributed by atoms with Gasteiger partial charge in [-0.2, -0.15) is 0 Å². The molecule has 0 atom stereocenters. The number of hydrogen-bond donors (Lipinski definition) is 0. The summed E-state index contributed by atoms with van der Waals surface area (Å²) in [4.78, 5) is 17.0. The molecule has 0 saturated heterocycles. The zero-order valence-corrected chi connectivity index (χ0v) is 16.9. The molecule has 1 aromatic carbocycles. The average Bonchev–Trinajstić information content (AvgIpc) is 2.57. The van der Waals surface area contributed by atoms with E-state index in [1.54, 1.807) is 18.2 Å². The third kappa shape index (κ3) is 6.32. The van der Waals surface area contributed by atoms with E-state index in [4.69, 9.17) is 23.2 Å². The van der Waals surface area contributed by atoms with Crippen LogP contribution in [0.4, 0.5) is 0 Å². The van der Waals surface area contributed by atoms with Crippen molar-refractivity contribution in [3.05, 3.63) is 39.9 Å². The Hall–Kier alpha value is -1.03. The number of nitrogens with zero attached hydrogens (tertiary/aromatic N) is 2. The molecule has 0 heterocycles. The molecule has 0 spiro atoms. The molecule has 1 amide bonds. The second kappa shape index (κ2) is 9.61. The SMILES string of the molecule is CN(C)CCN(C(=O)/C=C/c1ccc(Cl)c(Cl)c1)[C@H]1CC[C@H](C)CC1. The van der Waals surface area contributed by atoms with Crippen LogP contribution in [0, 0.1) is 5.92 Å². The highest BCUT2D eigenvalue weighted by Gasteiger charge is 2.26. The summed E-state index contributed by atoms with van der Waals surface area (Å²) in [6.45, 7) is 3.93. The zero-order chi connectivity index (χ0) is 18.4. The number of carbonyl (C=O) groups is 1. The Balaban J connectivity index is 2.07. The number of carbonyl (C=O) groups excluding carboxylic acids is 1. The van der Waals surface area contributed by atoms with Crippen LogP contribution < -0.4 is 0 Å². The Bertz CT molecular complexity index is 608. The molecule has 1 aromatic rings. The Morgan fingerprint density at radius 2 is 1.80 bits per heavy atom. The third-order valence-electron chi connectivity index (χ3n) is 4.86. The second-order valence-electron chi connectivity index (χ2n) is 7.26. The van der Waals surface area contributed by atoms with Crippen LogP contribution in [0.5, 0.6) is 0 Å². The van der Waals surface area contributed by atoms with Crippen LogP contribution in [0.25, 0.3) is 6.08 Å². The van der Waals surface area contributed by atoms with Crippen LogP contribution in [0.15, 0.2) is 24.3 Å². The van der Waals surface area contributed by atoms with Gasteiger partial charge in [0.2, 0.25) is 5.91 Å². The summed E-state index contributed by atoms with van der Waals surface area (Å²) < 4.78 is 0. The molecule has 0 aliphatic heterocycles. The van der Waals surface area contributed by atoms with Gasteiger partial charge in [0.15, 0.2) is 0 Å². The summed E-state index contributed by atoms with van der Waals surface area (Å²) in [5, 5.41) is 1.02. The maximum absolute atomic E-state index is 12.8. The van der Waals surface area contributed by atoms with Crippen molar-refractivity contribution in [1.82, 2.24) is 9.80 Å². The van der Waals surface area contributed by atoms with Crippen molar-refractivity contribution >= 4 is 35.2 Å². The molecule has 0 aromatic heterocycles. The molecule has 0 radical (unpaired) electrons. The van der Waals surface area contributed by atoms with Gasteiger partial charge in [0.25, 0.3) is 0 Å². The zero-order valence-electron chi connectivity index (χ0n) is 15.3. The first-order valence-electron chi connectivity index (χ1n) is 8.95. The molecule has 1 saturated carbocycles. The Kier molecular flexibility index (Phi) is 7.80. The number of hydrogen-bond acceptors (Lipinski definition) is 2. The molecule has 1 aliphatic rings. The van der Waals surface area contributed by atoms with E-state index in [0.29, 0.717) is 16.1 Å². The topological polar surface area (TPSA) is 23.6 Å². The largest absolute Gasteiger partial charge is 0.335 e. The summed E-state index contributed by atoms with van der Waals surface area (Å²) in [5.74, 6) is 0.848. The monoisotopic (exact) mass is 382 g/mol. The number of rotatable bonds is 6. The van der Waals surface area contributed by atoms with Crippen molar-refractivity contribution in [2.75, 3.05) is 27.2 Å². The van der Waals surface area contributed by atoms with Gasteiger partial charge in [-0.3, -0.25) is 4.79 Å². The Morgan fingerprint density at radius 1 is 1.12 bits per heavy atom. The average molecular weight is 383 g/mol. The molecule has 0 bridgehead atoms. The highest BCUT2D eigenvalue weighted by atomic mass is 35.5. The van der Waals surface area contributed by atoms with E-state index in [1.807, 2.05) is 31.1 Å². The minimum absolute atomic E-state index is 0.0764. The van der Waals surface area contributed by atoms with Crippen LogP contribution in [0.1, 0.15) is 38.2 Å². The van der Waals surface area contributed by atoms with Crippen molar-refractivity contribution < 1.29 is 4.79 Å². The minimum atomic E-state index is 0.0764. The Labute approximate surface area is 161 Å². The van der Waals surface area contributed by atoms with Crippen LogP contribution >= 0.6 is 23.2 Å². The standard InChI is InChI=1S/C20H28Cl2N2O/c1-15-4-8-17(9-5-15)24(13-12-23(2)3)20(25)11-7-16-6-10-18(21)19(22)14-16/h6-7,10-11,14-15,17H,4-5,8-9,12-13H2,1-3H3/b11-7+/t15-,17-. The lowest BCUT2D eigenvalue weighted by Crippen LogP contribution is -2.44. The number of amides is 1. The summed E-state index contributed by atoms with van der Waals surface area (Å²) >= 11 is 12.0. The quantitative estimate of drug-likeness (QED) is 0.647. The first kappa shape index (κ1) is 20.3. The highest BCUT2D eigenvalue weighted by molar-refractivity contribution is 6.42. The summed E-state index contributed by atoms with van der Waals surface area (Å²) in [6.07, 6.45) is 8.08. The van der Waals surface area contributed by atoms with Crippen molar-refractivity contribution in [3.8, 4) is 0 Å². The lowest BCUT2D eigenvalue weighted by molar-refractivity contribution is -0.129. The number of benzene rings is 1. The van der Waals surface area contributed by atoms with E-state index in [-0.39, 0.29) is 5.91 Å². The maximum atomic E-state index is 12.8. The first-order chi connectivity index (χ1) is 11.9. The molecular formula is C20H28Cl2N2O. The van der Waals surface area contributed by atoms with Gasteiger partial charge in [-0.1, -0.05) is 36.2 Å². The lowest BCUT2D eigenvalue weighted by Gasteiger charge is -2.36. The van der Waals surface area contributed by atoms with Crippen molar-refractivity contribution in [1.29, 1.82) is 0 Å². The Morgan fingerprint density at radius 3 is 2.40 bits per heavy atom. The number of likely N-dealkylation sites (N-methyl/N-ethyl adjacent to an activating group) is 1. The molecule has 138 valence electrons. The van der Waals surface area contributed by atoms with Crippen LogP contribution in [0.3, 0.4) is 0 Å². The molecule has 2 rings (SSSR count). The summed E-state index contributed by atoms with van der Waals surface area (Å²) in [6, 6.07) is 5.74. The molecule has 1 aliphatic carbocycles. The smallest absolute Gasteiger partial charge is 0.246 e. The predicted molar refractivity (Wildman–Crippen MR) is 107 cm³/mol. The predicted octanol–water partition coefficient (Wildman–Crippen LogP) is 4.98. The van der Waals surface area contributed by atoms with E-state index in [1.165, 1.54) is 12.8 Å². The van der Waals surface area contributed by atoms with Gasteiger partial charge in [-0.25, -0.2) is 0 Å². The van der Waals surface area contributed by atoms with Crippen LogP contribution in [-0.2, 0) is 4.79 Å². The van der Waals surface area contributed by atoms with E-state index in [0.717, 1.165) is 37.4 Å². The normalized spacial score (nSPS) is 21.0. The molecule has 0 unspecified atom stereocenters. The van der Waals surface area contributed by atoms with Crippen molar-refractivity contribution in [2.45, 2.75) is 38.6 Å². The molecule has 0 N–H and O–H groups in total. The third-order valence-corrected chi connectivity index (χ3v) is 5.60. The van der Waals surface area contributed by atoms with Gasteiger partial charge in [-0.05, 0) is 69.5 Å². The van der Waals surface area contributed by atoms with Gasteiger partial charge in [0.1, 0.15) is 0 Å². The lowest BCUT2D eigenvalue weighted by atomic mass is 9.86. The van der Waals surface area contributed by atoms with E-state index < -0.39 is 0 Å². The fraction of sp³-hybridized carbons (Fsp3) is 0.550. The van der Waals surface area contributed by atoms with Gasteiger partial charge in [-0.15, -0.1) is 0 Å². The maximum Gasteiger partial charge on any atom is 0.246 e. The first-order valence-corrected chi connectivity index (χ1v) is 9.71. The van der Waals surface area contributed by atoms with E-state index in [2.05, 4.69) is 11.8 Å². The molecule has 25 heavy (non-hydrogen) atoms. The summed E-state index contributed by atoms with van der Waals surface area (Å²) in [5.41, 5.74) is 0.882. The summed E-state index contributed by atoms with van der Waals surface area (Å²) in [7, 11) is 4.08. The molecule has 1 fully saturated rings. The van der Waals surface area contributed by atoms with Crippen molar-refractivity contribution in [2.24, 2.45) is 5.92 Å². The number of halogens is 2. The van der Waals surface area contributed by atoms with E-state index in [9.17, 15) is 4.79 Å². The van der Waals surface area contributed by atoms with Crippen molar-refractivity contribution in [3.63, 3.8) is 0 Å². The van der Waals surface area contributed by atoms with Gasteiger partial charge < -0.3 is 9.80 Å². The molecule has 3 nitrogen and oxygen atoms in total. The molecule has 5 heteroatoms. The van der Waals surface area contributed by atoms with E-state index >= 15 is 0 Å². The van der Waals surface area contributed by atoms with Gasteiger partial charge >= 0.3 is 0 Å². The second-order valence-corrected chi connectivity index (χ2v) is 8.07. The minimum Gasteiger partial charge on any atom is -0.335 e. The van der Waals surface area contributed by atoms with Gasteiger partial charge in [0.05, 0.1) is 10.0 Å². The van der Waals surface area contributed by atoms with Gasteiger partial charge in [0, 0.05) is 25.2 Å². The fourth-order valence-electron chi connectivity index (χ4n) is 3.21. The highest BCUT2D eigenvalue weighted by Crippen LogP contribution is 2.27. The van der Waals surface area contributed by atoms with Crippen LogP contribution in [-0.4, -0.2) is 48.9 Å².